The SMILES string of the molecule is CC(C)(C)c1ccc(OCC(=O)OCC(=O)Nc2ccccc2C(=O)NC2CC2)cc1. The molecule has 0 saturated heterocycles. The van der Waals surface area contributed by atoms with Crippen LogP contribution in [-0.2, 0) is 19.7 Å². The second-order valence-corrected chi connectivity index (χ2v) is 8.57. The first kappa shape index (κ1) is 22.3. The van der Waals surface area contributed by atoms with Crippen LogP contribution in [-0.4, -0.2) is 37.0 Å². The molecule has 7 heteroatoms. The standard InChI is InChI=1S/C24H28N2O5/c1-24(2,3)16-8-12-18(13-9-16)30-15-22(28)31-14-21(27)26-20-7-5-4-6-19(20)23(29)25-17-10-11-17/h4-9,12-13,17H,10-11,14-15H2,1-3H3,(H,25,29)(H,26,27). The van der Waals surface area contributed by atoms with Crippen LogP contribution < -0.4 is 15.4 Å². The van der Waals surface area contributed by atoms with Crippen molar-refractivity contribution < 1.29 is 23.9 Å². The number of esters is 1. The average Bonchev–Trinajstić information content (AvgIpc) is 3.54. The lowest BCUT2D eigenvalue weighted by Gasteiger charge is -2.19. The molecule has 7 nitrogen and oxygen atoms in total. The summed E-state index contributed by atoms with van der Waals surface area (Å²) in [7, 11) is 0. The second kappa shape index (κ2) is 9.64. The molecule has 0 spiro atoms. The highest BCUT2D eigenvalue weighted by atomic mass is 16.6. The molecule has 1 saturated carbocycles. The van der Waals surface area contributed by atoms with Crippen LogP contribution in [0.15, 0.2) is 48.5 Å². The van der Waals surface area contributed by atoms with Gasteiger partial charge in [0.05, 0.1) is 11.3 Å². The number of rotatable bonds is 8. The Bertz CT molecular complexity index is 943. The van der Waals surface area contributed by atoms with E-state index in [9.17, 15) is 14.4 Å². The first-order valence-electron chi connectivity index (χ1n) is 10.3. The molecular weight excluding hydrogens is 396 g/mol. The Hall–Kier alpha value is -3.35. The zero-order chi connectivity index (χ0) is 22.4. The third-order valence-electron chi connectivity index (χ3n) is 4.80. The van der Waals surface area contributed by atoms with E-state index in [1.54, 1.807) is 36.4 Å². The molecule has 164 valence electrons. The van der Waals surface area contributed by atoms with Crippen LogP contribution >= 0.6 is 0 Å². The topological polar surface area (TPSA) is 93.7 Å². The van der Waals surface area contributed by atoms with Gasteiger partial charge in [0, 0.05) is 6.04 Å². The van der Waals surface area contributed by atoms with E-state index in [1.165, 1.54) is 0 Å². The molecule has 0 bridgehead atoms. The van der Waals surface area contributed by atoms with Gasteiger partial charge in [-0.3, -0.25) is 9.59 Å². The first-order valence-corrected chi connectivity index (χ1v) is 10.3. The molecule has 2 aromatic carbocycles. The molecular formula is C24H28N2O5. The molecule has 0 radical (unpaired) electrons. The maximum absolute atomic E-state index is 12.3. The van der Waals surface area contributed by atoms with Crippen molar-refractivity contribution in [2.75, 3.05) is 18.5 Å². The molecule has 2 aromatic rings. The number of carbonyl (C=O) groups excluding carboxylic acids is 3. The molecule has 0 heterocycles. The molecule has 0 atom stereocenters. The fraction of sp³-hybridized carbons (Fsp3) is 0.375. The maximum Gasteiger partial charge on any atom is 0.344 e. The summed E-state index contributed by atoms with van der Waals surface area (Å²) >= 11 is 0. The lowest BCUT2D eigenvalue weighted by molar-refractivity contribution is -0.149. The summed E-state index contributed by atoms with van der Waals surface area (Å²) in [6, 6.07) is 14.4. The molecule has 1 aliphatic rings. The van der Waals surface area contributed by atoms with E-state index in [0.29, 0.717) is 17.0 Å². The Morgan fingerprint density at radius 1 is 0.968 bits per heavy atom. The van der Waals surface area contributed by atoms with E-state index in [0.717, 1.165) is 18.4 Å². The van der Waals surface area contributed by atoms with Crippen molar-refractivity contribution in [3.8, 4) is 5.75 Å². The summed E-state index contributed by atoms with van der Waals surface area (Å²) < 4.78 is 10.4. The summed E-state index contributed by atoms with van der Waals surface area (Å²) in [5.74, 6) is -0.879. The Balaban J connectivity index is 1.44. The van der Waals surface area contributed by atoms with Gasteiger partial charge in [-0.1, -0.05) is 45.0 Å². The molecule has 0 aliphatic heterocycles. The van der Waals surface area contributed by atoms with Gasteiger partial charge in [-0.05, 0) is 48.1 Å². The lowest BCUT2D eigenvalue weighted by Crippen LogP contribution is -2.28. The summed E-state index contributed by atoms with van der Waals surface area (Å²) in [5, 5.41) is 5.50. The van der Waals surface area contributed by atoms with Gasteiger partial charge in [0.25, 0.3) is 11.8 Å². The van der Waals surface area contributed by atoms with Gasteiger partial charge < -0.3 is 20.1 Å². The number of amides is 2. The minimum atomic E-state index is -0.658. The summed E-state index contributed by atoms with van der Waals surface area (Å²) in [5.41, 5.74) is 1.93. The fourth-order valence-corrected chi connectivity index (χ4v) is 2.85. The minimum Gasteiger partial charge on any atom is -0.482 e. The third-order valence-corrected chi connectivity index (χ3v) is 4.80. The van der Waals surface area contributed by atoms with Crippen molar-refractivity contribution in [2.45, 2.75) is 45.1 Å². The van der Waals surface area contributed by atoms with Gasteiger partial charge in [0.1, 0.15) is 5.75 Å². The van der Waals surface area contributed by atoms with Gasteiger partial charge in [-0.2, -0.15) is 0 Å². The van der Waals surface area contributed by atoms with Crippen LogP contribution in [0.4, 0.5) is 5.69 Å². The minimum absolute atomic E-state index is 0.0298. The average molecular weight is 424 g/mol. The highest BCUT2D eigenvalue weighted by Crippen LogP contribution is 2.24. The summed E-state index contributed by atoms with van der Waals surface area (Å²) in [6.07, 6.45) is 1.94. The predicted molar refractivity (Wildman–Crippen MR) is 117 cm³/mol. The van der Waals surface area contributed by atoms with Gasteiger partial charge in [-0.25, -0.2) is 4.79 Å². The smallest absolute Gasteiger partial charge is 0.344 e. The quantitative estimate of drug-likeness (QED) is 0.633. The largest absolute Gasteiger partial charge is 0.482 e. The van der Waals surface area contributed by atoms with Crippen molar-refractivity contribution in [2.24, 2.45) is 0 Å². The number of anilines is 1. The van der Waals surface area contributed by atoms with Crippen molar-refractivity contribution in [1.82, 2.24) is 5.32 Å². The molecule has 0 aromatic heterocycles. The van der Waals surface area contributed by atoms with E-state index in [4.69, 9.17) is 9.47 Å². The number of nitrogens with one attached hydrogen (secondary N) is 2. The van der Waals surface area contributed by atoms with Gasteiger partial charge in [0.2, 0.25) is 0 Å². The summed E-state index contributed by atoms with van der Waals surface area (Å²) in [4.78, 5) is 36.4. The molecule has 1 fully saturated rings. The number of para-hydroxylation sites is 1. The van der Waals surface area contributed by atoms with E-state index < -0.39 is 18.5 Å². The van der Waals surface area contributed by atoms with E-state index in [1.807, 2.05) is 12.1 Å². The zero-order valence-electron chi connectivity index (χ0n) is 18.1. The number of hydrogen-bond acceptors (Lipinski definition) is 5. The molecule has 1 aliphatic carbocycles. The Kier molecular flexibility index (Phi) is 6.95. The fourth-order valence-electron chi connectivity index (χ4n) is 2.85. The van der Waals surface area contributed by atoms with E-state index in [2.05, 4.69) is 31.4 Å². The van der Waals surface area contributed by atoms with Crippen LogP contribution in [0.1, 0.15) is 49.5 Å². The van der Waals surface area contributed by atoms with Crippen molar-refractivity contribution in [3.05, 3.63) is 59.7 Å². The molecule has 2 amide bonds. The highest BCUT2D eigenvalue weighted by Gasteiger charge is 2.25. The first-order chi connectivity index (χ1) is 14.7. The van der Waals surface area contributed by atoms with E-state index in [-0.39, 0.29) is 24.0 Å². The van der Waals surface area contributed by atoms with Crippen LogP contribution in [0.3, 0.4) is 0 Å². The number of ether oxygens (including phenoxy) is 2. The van der Waals surface area contributed by atoms with Gasteiger partial charge >= 0.3 is 5.97 Å². The predicted octanol–water partition coefficient (Wildman–Crippen LogP) is 3.44. The molecule has 31 heavy (non-hydrogen) atoms. The third kappa shape index (κ3) is 6.84. The Labute approximate surface area is 182 Å². The zero-order valence-corrected chi connectivity index (χ0v) is 18.1. The van der Waals surface area contributed by atoms with Crippen LogP contribution in [0.25, 0.3) is 0 Å². The van der Waals surface area contributed by atoms with Crippen molar-refractivity contribution >= 4 is 23.5 Å². The van der Waals surface area contributed by atoms with Gasteiger partial charge in [0.15, 0.2) is 13.2 Å². The normalized spacial score (nSPS) is 13.3. The van der Waals surface area contributed by atoms with Gasteiger partial charge in [-0.15, -0.1) is 0 Å². The summed E-state index contributed by atoms with van der Waals surface area (Å²) in [6.45, 7) is 5.57. The van der Waals surface area contributed by atoms with Crippen molar-refractivity contribution in [1.29, 1.82) is 0 Å². The Morgan fingerprint density at radius 3 is 2.29 bits per heavy atom. The van der Waals surface area contributed by atoms with E-state index >= 15 is 0 Å². The van der Waals surface area contributed by atoms with Crippen LogP contribution in [0.5, 0.6) is 5.75 Å². The molecule has 0 unspecified atom stereocenters. The second-order valence-electron chi connectivity index (χ2n) is 8.57. The molecule has 3 rings (SSSR count). The number of hydrogen-bond donors (Lipinski definition) is 2. The lowest BCUT2D eigenvalue weighted by atomic mass is 9.87. The number of benzene rings is 2. The van der Waals surface area contributed by atoms with Crippen LogP contribution in [0, 0.1) is 0 Å². The number of carbonyl (C=O) groups is 3. The Morgan fingerprint density at radius 2 is 1.65 bits per heavy atom. The van der Waals surface area contributed by atoms with Crippen molar-refractivity contribution in [3.63, 3.8) is 0 Å². The monoisotopic (exact) mass is 424 g/mol. The molecule has 2 N–H and O–H groups in total. The highest BCUT2D eigenvalue weighted by molar-refractivity contribution is 6.04. The maximum atomic E-state index is 12.3. The van der Waals surface area contributed by atoms with Crippen LogP contribution in [0.2, 0.25) is 0 Å².